The van der Waals surface area contributed by atoms with E-state index >= 15 is 0 Å². The van der Waals surface area contributed by atoms with Crippen LogP contribution in [-0.2, 0) is 9.84 Å². The molecule has 1 aromatic carbocycles. The molecule has 1 aromatic heterocycles. The van der Waals surface area contributed by atoms with Crippen LogP contribution in [-0.4, -0.2) is 37.0 Å². The molecule has 0 aliphatic carbocycles. The van der Waals surface area contributed by atoms with E-state index in [-0.39, 0.29) is 23.3 Å². The van der Waals surface area contributed by atoms with Crippen molar-refractivity contribution in [1.29, 1.82) is 0 Å². The molecule has 0 bridgehead atoms. The molecule has 2 heterocycles. The van der Waals surface area contributed by atoms with Crippen LogP contribution >= 0.6 is 11.6 Å². The van der Waals surface area contributed by atoms with Crippen LogP contribution in [0.2, 0.25) is 5.02 Å². The third kappa shape index (κ3) is 3.31. The molecule has 0 radical (unpaired) electrons. The Balaban J connectivity index is 1.72. The molecular formula is C14H13ClN2O4S. The van der Waals surface area contributed by atoms with Gasteiger partial charge < -0.3 is 9.84 Å². The van der Waals surface area contributed by atoms with Crippen LogP contribution in [0, 0.1) is 0 Å². The fourth-order valence-corrected chi connectivity index (χ4v) is 4.20. The Morgan fingerprint density at radius 1 is 1.36 bits per heavy atom. The maximum absolute atomic E-state index is 12.1. The molecule has 0 saturated carbocycles. The maximum Gasteiger partial charge on any atom is 0.290 e. The summed E-state index contributed by atoms with van der Waals surface area (Å²) in [6, 6.07) is 8.15. The summed E-state index contributed by atoms with van der Waals surface area (Å²) in [5.41, 5.74) is 1.23. The van der Waals surface area contributed by atoms with Crippen molar-refractivity contribution in [1.82, 2.24) is 10.5 Å². The molecule has 1 amide bonds. The molecule has 1 atom stereocenters. The molecule has 1 fully saturated rings. The minimum atomic E-state index is -3.04. The number of nitrogens with zero attached hydrogens (tertiary/aromatic N) is 1. The summed E-state index contributed by atoms with van der Waals surface area (Å²) in [5, 5.41) is 7.05. The van der Waals surface area contributed by atoms with E-state index in [9.17, 15) is 13.2 Å². The highest BCUT2D eigenvalue weighted by Crippen LogP contribution is 2.22. The second-order valence-electron chi connectivity index (χ2n) is 5.16. The van der Waals surface area contributed by atoms with Gasteiger partial charge in [0.05, 0.1) is 11.5 Å². The van der Waals surface area contributed by atoms with E-state index in [0.717, 1.165) is 5.56 Å². The molecule has 1 saturated heterocycles. The summed E-state index contributed by atoms with van der Waals surface area (Å²) in [5.74, 6) is -0.363. The topological polar surface area (TPSA) is 89.3 Å². The third-order valence-electron chi connectivity index (χ3n) is 3.42. The summed E-state index contributed by atoms with van der Waals surface area (Å²) in [4.78, 5) is 12.1. The van der Waals surface area contributed by atoms with Crippen molar-refractivity contribution in [3.05, 3.63) is 41.1 Å². The fraction of sp³-hybridized carbons (Fsp3) is 0.286. The Hall–Kier alpha value is -1.86. The Bertz CT molecular complexity index is 816. The Labute approximate surface area is 132 Å². The minimum Gasteiger partial charge on any atom is -0.350 e. The van der Waals surface area contributed by atoms with Crippen molar-refractivity contribution in [3.63, 3.8) is 0 Å². The number of benzene rings is 1. The van der Waals surface area contributed by atoms with Gasteiger partial charge in [-0.05, 0) is 18.6 Å². The predicted molar refractivity (Wildman–Crippen MR) is 81.5 cm³/mol. The summed E-state index contributed by atoms with van der Waals surface area (Å²) >= 11 is 5.91. The summed E-state index contributed by atoms with van der Waals surface area (Å²) in [7, 11) is -3.04. The molecule has 1 aliphatic rings. The molecule has 3 rings (SSSR count). The van der Waals surface area contributed by atoms with Crippen LogP contribution < -0.4 is 5.32 Å². The minimum absolute atomic E-state index is 0.0337. The SMILES string of the molecule is O=C(N[C@H]1CCS(=O)(=O)C1)c1cc(-c2cccc(Cl)c2)no1. The number of hydrogen-bond donors (Lipinski definition) is 1. The zero-order chi connectivity index (χ0) is 15.7. The van der Waals surface area contributed by atoms with Crippen LogP contribution in [0.5, 0.6) is 0 Å². The van der Waals surface area contributed by atoms with E-state index < -0.39 is 15.7 Å². The molecule has 1 N–H and O–H groups in total. The van der Waals surface area contributed by atoms with Gasteiger partial charge in [0.1, 0.15) is 5.69 Å². The van der Waals surface area contributed by atoms with Crippen molar-refractivity contribution in [2.75, 3.05) is 11.5 Å². The van der Waals surface area contributed by atoms with Gasteiger partial charge in [0.15, 0.2) is 9.84 Å². The number of aromatic nitrogens is 1. The van der Waals surface area contributed by atoms with Gasteiger partial charge in [0, 0.05) is 22.7 Å². The average Bonchev–Trinajstić information content (AvgIpc) is 3.06. The fourth-order valence-electron chi connectivity index (χ4n) is 2.33. The lowest BCUT2D eigenvalue weighted by atomic mass is 10.1. The lowest BCUT2D eigenvalue weighted by Crippen LogP contribution is -2.35. The highest BCUT2D eigenvalue weighted by atomic mass is 35.5. The number of hydrogen-bond acceptors (Lipinski definition) is 5. The van der Waals surface area contributed by atoms with Crippen molar-refractivity contribution in [2.45, 2.75) is 12.5 Å². The molecule has 0 unspecified atom stereocenters. The zero-order valence-corrected chi connectivity index (χ0v) is 13.0. The smallest absolute Gasteiger partial charge is 0.290 e. The van der Waals surface area contributed by atoms with Gasteiger partial charge in [-0.25, -0.2) is 8.42 Å². The second kappa shape index (κ2) is 5.73. The van der Waals surface area contributed by atoms with E-state index in [1.54, 1.807) is 24.3 Å². The first-order valence-corrected chi connectivity index (χ1v) is 8.87. The van der Waals surface area contributed by atoms with Gasteiger partial charge in [-0.1, -0.05) is 28.9 Å². The molecular weight excluding hydrogens is 328 g/mol. The van der Waals surface area contributed by atoms with Gasteiger partial charge >= 0.3 is 0 Å². The predicted octanol–water partition coefficient (Wildman–Crippen LogP) is 1.91. The number of carbonyl (C=O) groups is 1. The number of rotatable bonds is 3. The van der Waals surface area contributed by atoms with Crippen molar-refractivity contribution in [2.24, 2.45) is 0 Å². The molecule has 22 heavy (non-hydrogen) atoms. The molecule has 6 nitrogen and oxygen atoms in total. The van der Waals surface area contributed by atoms with Crippen LogP contribution in [0.4, 0.5) is 0 Å². The van der Waals surface area contributed by atoms with Crippen LogP contribution in [0.15, 0.2) is 34.9 Å². The van der Waals surface area contributed by atoms with Gasteiger partial charge in [0.25, 0.3) is 5.91 Å². The van der Waals surface area contributed by atoms with Gasteiger partial charge in [-0.3, -0.25) is 4.79 Å². The molecule has 2 aromatic rings. The lowest BCUT2D eigenvalue weighted by molar-refractivity contribution is 0.0904. The van der Waals surface area contributed by atoms with Crippen molar-refractivity contribution in [3.8, 4) is 11.3 Å². The van der Waals surface area contributed by atoms with E-state index in [1.165, 1.54) is 6.07 Å². The molecule has 116 valence electrons. The normalized spacial score (nSPS) is 20.0. The monoisotopic (exact) mass is 340 g/mol. The lowest BCUT2D eigenvalue weighted by Gasteiger charge is -2.07. The van der Waals surface area contributed by atoms with Crippen LogP contribution in [0.25, 0.3) is 11.3 Å². The van der Waals surface area contributed by atoms with E-state index in [2.05, 4.69) is 10.5 Å². The van der Waals surface area contributed by atoms with Gasteiger partial charge in [-0.2, -0.15) is 0 Å². The highest BCUT2D eigenvalue weighted by molar-refractivity contribution is 7.91. The number of halogens is 1. The van der Waals surface area contributed by atoms with E-state index in [0.29, 0.717) is 17.1 Å². The largest absolute Gasteiger partial charge is 0.350 e. The highest BCUT2D eigenvalue weighted by Gasteiger charge is 2.30. The average molecular weight is 341 g/mol. The Morgan fingerprint density at radius 3 is 2.86 bits per heavy atom. The van der Waals surface area contributed by atoms with Gasteiger partial charge in [0.2, 0.25) is 5.76 Å². The first kappa shape index (κ1) is 15.1. The summed E-state index contributed by atoms with van der Waals surface area (Å²) < 4.78 is 27.8. The van der Waals surface area contributed by atoms with E-state index in [1.807, 2.05) is 0 Å². The van der Waals surface area contributed by atoms with Gasteiger partial charge in [-0.15, -0.1) is 0 Å². The van der Waals surface area contributed by atoms with Crippen molar-refractivity contribution < 1.29 is 17.7 Å². The quantitative estimate of drug-likeness (QED) is 0.921. The molecule has 1 aliphatic heterocycles. The zero-order valence-electron chi connectivity index (χ0n) is 11.5. The van der Waals surface area contributed by atoms with Crippen LogP contribution in [0.1, 0.15) is 17.0 Å². The number of carbonyl (C=O) groups excluding carboxylic acids is 1. The molecule has 0 spiro atoms. The van der Waals surface area contributed by atoms with Crippen LogP contribution in [0.3, 0.4) is 0 Å². The summed E-state index contributed by atoms with van der Waals surface area (Å²) in [6.07, 6.45) is 0.420. The van der Waals surface area contributed by atoms with Crippen molar-refractivity contribution >= 4 is 27.3 Å². The Kier molecular flexibility index (Phi) is 3.92. The number of sulfone groups is 1. The summed E-state index contributed by atoms with van der Waals surface area (Å²) in [6.45, 7) is 0. The third-order valence-corrected chi connectivity index (χ3v) is 5.43. The van der Waals surface area contributed by atoms with E-state index in [4.69, 9.17) is 16.1 Å². The maximum atomic E-state index is 12.1. The first-order valence-electron chi connectivity index (χ1n) is 6.67. The second-order valence-corrected chi connectivity index (χ2v) is 7.83. The Morgan fingerprint density at radius 2 is 2.18 bits per heavy atom. The first-order chi connectivity index (χ1) is 10.4. The number of nitrogens with one attached hydrogen (secondary N) is 1. The number of amides is 1. The molecule has 8 heteroatoms. The standard InChI is InChI=1S/C14H13ClN2O4S/c15-10-3-1-2-9(6-10)12-7-13(21-17-12)14(18)16-11-4-5-22(19,20)8-11/h1-3,6-7,11H,4-5,8H2,(H,16,18)/t11-/m0/s1.